The maximum Gasteiger partial charge on any atom is 0.257 e. The minimum Gasteiger partial charge on any atom is -0.490 e. The number of fused-ring (bicyclic) bond motifs is 2. The van der Waals surface area contributed by atoms with Crippen LogP contribution in [-0.2, 0) is 20.9 Å². The highest BCUT2D eigenvalue weighted by Gasteiger charge is 2.39. The van der Waals surface area contributed by atoms with Gasteiger partial charge in [0, 0.05) is 25.7 Å². The van der Waals surface area contributed by atoms with Crippen LogP contribution in [-0.4, -0.2) is 54.5 Å². The van der Waals surface area contributed by atoms with Crippen LogP contribution < -0.4 is 15.4 Å². The number of nitrogens with one attached hydrogen (secondary N) is 2. The number of rotatable bonds is 7. The number of anilines is 1. The third-order valence-electron chi connectivity index (χ3n) is 6.52. The molecule has 0 aliphatic carbocycles. The van der Waals surface area contributed by atoms with E-state index in [4.69, 9.17) is 9.47 Å². The Morgan fingerprint density at radius 3 is 2.66 bits per heavy atom. The van der Waals surface area contributed by atoms with Crippen molar-refractivity contribution in [2.75, 3.05) is 19.0 Å². The SMILES string of the molecule is CCCC(=O)Nc1ccc2c(c1)C(=O)N(C)[C@@H]1CC[C@H](CC(=O)NCc3ccccc3)O[C@H]1CO2. The van der Waals surface area contributed by atoms with Crippen LogP contribution in [0, 0.1) is 0 Å². The quantitative estimate of drug-likeness (QED) is 0.634. The second-order valence-electron chi connectivity index (χ2n) is 9.14. The second kappa shape index (κ2) is 11.4. The Morgan fingerprint density at radius 1 is 1.09 bits per heavy atom. The van der Waals surface area contributed by atoms with Gasteiger partial charge >= 0.3 is 0 Å². The van der Waals surface area contributed by atoms with Gasteiger partial charge in [-0.05, 0) is 43.0 Å². The summed E-state index contributed by atoms with van der Waals surface area (Å²) in [4.78, 5) is 39.5. The number of ether oxygens (including phenoxy) is 2. The minimum atomic E-state index is -0.332. The molecule has 4 rings (SSSR count). The fraction of sp³-hybridized carbons (Fsp3) is 0.444. The average Bonchev–Trinajstić information content (AvgIpc) is 2.86. The molecule has 35 heavy (non-hydrogen) atoms. The molecule has 2 aromatic carbocycles. The van der Waals surface area contributed by atoms with Gasteiger partial charge in [-0.2, -0.15) is 0 Å². The highest BCUT2D eigenvalue weighted by atomic mass is 16.5. The third-order valence-corrected chi connectivity index (χ3v) is 6.52. The molecule has 8 heteroatoms. The van der Waals surface area contributed by atoms with E-state index in [1.165, 1.54) is 0 Å². The largest absolute Gasteiger partial charge is 0.490 e. The topological polar surface area (TPSA) is 97.0 Å². The molecule has 186 valence electrons. The summed E-state index contributed by atoms with van der Waals surface area (Å²) in [5.74, 6) is 0.139. The van der Waals surface area contributed by atoms with Crippen LogP contribution >= 0.6 is 0 Å². The lowest BCUT2D eigenvalue weighted by molar-refractivity contribution is -0.134. The van der Waals surface area contributed by atoms with Gasteiger partial charge in [-0.25, -0.2) is 0 Å². The number of hydrogen-bond donors (Lipinski definition) is 2. The molecule has 0 saturated carbocycles. The van der Waals surface area contributed by atoms with Crippen LogP contribution in [0.15, 0.2) is 48.5 Å². The molecule has 2 aliphatic heterocycles. The molecule has 2 aromatic rings. The number of nitrogens with zero attached hydrogens (tertiary/aromatic N) is 1. The summed E-state index contributed by atoms with van der Waals surface area (Å²) in [6.45, 7) is 2.70. The Labute approximate surface area is 206 Å². The monoisotopic (exact) mass is 479 g/mol. The van der Waals surface area contributed by atoms with Gasteiger partial charge in [0.25, 0.3) is 5.91 Å². The van der Waals surface area contributed by atoms with Crippen LogP contribution in [0.5, 0.6) is 5.75 Å². The Bertz CT molecular complexity index is 1060. The molecule has 1 fully saturated rings. The molecule has 2 heterocycles. The van der Waals surface area contributed by atoms with E-state index >= 15 is 0 Å². The first kappa shape index (κ1) is 24.7. The lowest BCUT2D eigenvalue weighted by Gasteiger charge is -2.42. The van der Waals surface area contributed by atoms with Crippen LogP contribution in [0.2, 0.25) is 0 Å². The van der Waals surface area contributed by atoms with E-state index in [0.29, 0.717) is 36.4 Å². The standard InChI is InChI=1S/C27H33N3O5/c1-3-7-25(31)29-19-10-13-23-21(14-19)27(33)30(2)22-12-11-20(35-24(22)17-34-23)15-26(32)28-16-18-8-5-4-6-9-18/h4-6,8-10,13-14,20,22,24H,3,7,11-12,15-17H2,1-2H3,(H,28,32)(H,29,31)/t20-,22-,24+/m1/s1. The van der Waals surface area contributed by atoms with Crippen molar-refractivity contribution in [3.8, 4) is 5.75 Å². The van der Waals surface area contributed by atoms with Crippen LogP contribution in [0.1, 0.15) is 54.9 Å². The van der Waals surface area contributed by atoms with Gasteiger partial charge in [0.15, 0.2) is 0 Å². The molecule has 0 spiro atoms. The van der Waals surface area contributed by atoms with Crippen LogP contribution in [0.3, 0.4) is 0 Å². The summed E-state index contributed by atoms with van der Waals surface area (Å²) in [6, 6.07) is 14.7. The number of likely N-dealkylation sites (N-methyl/N-ethyl adjacent to an activating group) is 1. The molecule has 3 atom stereocenters. The van der Waals surface area contributed by atoms with E-state index in [9.17, 15) is 14.4 Å². The van der Waals surface area contributed by atoms with Gasteiger partial charge in [-0.3, -0.25) is 14.4 Å². The normalized spacial score (nSPS) is 21.6. The summed E-state index contributed by atoms with van der Waals surface area (Å²) < 4.78 is 12.2. The zero-order valence-corrected chi connectivity index (χ0v) is 20.3. The van der Waals surface area contributed by atoms with Gasteiger partial charge in [0.1, 0.15) is 18.5 Å². The molecule has 0 radical (unpaired) electrons. The molecule has 2 N–H and O–H groups in total. The van der Waals surface area contributed by atoms with Gasteiger partial charge in [0.2, 0.25) is 11.8 Å². The van der Waals surface area contributed by atoms with Crippen molar-refractivity contribution in [1.82, 2.24) is 10.2 Å². The fourth-order valence-electron chi connectivity index (χ4n) is 4.63. The van der Waals surface area contributed by atoms with Gasteiger partial charge in [0.05, 0.1) is 24.1 Å². The van der Waals surface area contributed by atoms with Crippen LogP contribution in [0.4, 0.5) is 5.69 Å². The summed E-state index contributed by atoms with van der Waals surface area (Å²) in [6.07, 6.45) is 2.28. The lowest BCUT2D eigenvalue weighted by atomic mass is 9.94. The molecule has 0 bridgehead atoms. The average molecular weight is 480 g/mol. The zero-order chi connectivity index (χ0) is 24.8. The Balaban J connectivity index is 1.38. The predicted molar refractivity (Wildman–Crippen MR) is 132 cm³/mol. The van der Waals surface area contributed by atoms with E-state index in [1.54, 1.807) is 30.1 Å². The molecule has 0 aromatic heterocycles. The Hall–Kier alpha value is -3.39. The smallest absolute Gasteiger partial charge is 0.257 e. The number of carbonyl (C=O) groups excluding carboxylic acids is 3. The summed E-state index contributed by atoms with van der Waals surface area (Å²) >= 11 is 0. The molecule has 8 nitrogen and oxygen atoms in total. The molecular formula is C27H33N3O5. The van der Waals surface area contributed by atoms with Crippen molar-refractivity contribution >= 4 is 23.4 Å². The van der Waals surface area contributed by atoms with Crippen molar-refractivity contribution in [1.29, 1.82) is 0 Å². The minimum absolute atomic E-state index is 0.0588. The number of benzene rings is 2. The van der Waals surface area contributed by atoms with E-state index < -0.39 is 0 Å². The predicted octanol–water partition coefficient (Wildman–Crippen LogP) is 3.51. The van der Waals surface area contributed by atoms with Crippen molar-refractivity contribution in [3.63, 3.8) is 0 Å². The molecular weight excluding hydrogens is 446 g/mol. The van der Waals surface area contributed by atoms with Crippen LogP contribution in [0.25, 0.3) is 0 Å². The first-order valence-corrected chi connectivity index (χ1v) is 12.2. The molecule has 1 saturated heterocycles. The van der Waals surface area contributed by atoms with E-state index in [0.717, 1.165) is 18.4 Å². The molecule has 2 aliphatic rings. The number of amides is 3. The van der Waals surface area contributed by atoms with Crippen molar-refractivity contribution in [2.45, 2.75) is 63.8 Å². The van der Waals surface area contributed by atoms with Gasteiger partial charge < -0.3 is 25.0 Å². The highest BCUT2D eigenvalue weighted by Crippen LogP contribution is 2.32. The fourth-order valence-corrected chi connectivity index (χ4v) is 4.63. The Kier molecular flexibility index (Phi) is 8.02. The second-order valence-corrected chi connectivity index (χ2v) is 9.14. The number of carbonyl (C=O) groups is 3. The first-order chi connectivity index (χ1) is 16.9. The zero-order valence-electron chi connectivity index (χ0n) is 20.3. The summed E-state index contributed by atoms with van der Waals surface area (Å²) in [7, 11) is 1.77. The van der Waals surface area contributed by atoms with Gasteiger partial charge in [-0.15, -0.1) is 0 Å². The van der Waals surface area contributed by atoms with Gasteiger partial charge in [-0.1, -0.05) is 37.3 Å². The summed E-state index contributed by atoms with van der Waals surface area (Å²) in [5, 5.41) is 5.79. The number of hydrogen-bond acceptors (Lipinski definition) is 5. The highest BCUT2D eigenvalue weighted by molar-refractivity contribution is 5.99. The maximum absolute atomic E-state index is 13.3. The van der Waals surface area contributed by atoms with Crippen molar-refractivity contribution in [2.24, 2.45) is 0 Å². The summed E-state index contributed by atoms with van der Waals surface area (Å²) in [5.41, 5.74) is 2.04. The van der Waals surface area contributed by atoms with E-state index in [-0.39, 0.29) is 49.0 Å². The maximum atomic E-state index is 13.3. The Morgan fingerprint density at radius 2 is 1.89 bits per heavy atom. The third kappa shape index (κ3) is 6.19. The first-order valence-electron chi connectivity index (χ1n) is 12.2. The van der Waals surface area contributed by atoms with Crippen molar-refractivity contribution in [3.05, 3.63) is 59.7 Å². The van der Waals surface area contributed by atoms with Crippen molar-refractivity contribution < 1.29 is 23.9 Å². The van der Waals surface area contributed by atoms with E-state index in [1.807, 2.05) is 37.3 Å². The van der Waals surface area contributed by atoms with E-state index in [2.05, 4.69) is 10.6 Å². The molecule has 3 amide bonds. The lowest BCUT2D eigenvalue weighted by Crippen LogP contribution is -2.53. The molecule has 0 unspecified atom stereocenters.